The monoisotopic (exact) mass is 336 g/mol. The van der Waals surface area contributed by atoms with Crippen molar-refractivity contribution in [2.75, 3.05) is 53.0 Å². The number of hydrogen-bond donors (Lipinski definition) is 1. The molecule has 6 heteroatoms. The molecule has 0 saturated carbocycles. The summed E-state index contributed by atoms with van der Waals surface area (Å²) in [5.74, 6) is 0.949. The number of methoxy groups -OCH3 is 1. The molecule has 1 amide bonds. The molecule has 1 aromatic carbocycles. The van der Waals surface area contributed by atoms with E-state index in [1.807, 2.05) is 36.1 Å². The van der Waals surface area contributed by atoms with Crippen molar-refractivity contribution in [1.82, 2.24) is 9.80 Å². The van der Waals surface area contributed by atoms with Crippen LogP contribution in [0.1, 0.15) is 12.0 Å². The van der Waals surface area contributed by atoms with Crippen LogP contribution < -0.4 is 4.74 Å². The lowest BCUT2D eigenvalue weighted by Gasteiger charge is -2.35. The van der Waals surface area contributed by atoms with Gasteiger partial charge in [0.15, 0.2) is 0 Å². The van der Waals surface area contributed by atoms with Gasteiger partial charge in [0.2, 0.25) is 5.91 Å². The smallest absolute Gasteiger partial charge is 0.224 e. The number of nitrogens with zero attached hydrogens (tertiary/aromatic N) is 2. The average molecular weight is 336 g/mol. The molecule has 1 N–H and O–H groups in total. The third kappa shape index (κ3) is 5.78. The minimum atomic E-state index is -0.541. The van der Waals surface area contributed by atoms with Crippen molar-refractivity contribution >= 4 is 5.91 Å². The van der Waals surface area contributed by atoms with Gasteiger partial charge in [0.1, 0.15) is 18.5 Å². The van der Waals surface area contributed by atoms with Crippen LogP contribution in [0.5, 0.6) is 5.75 Å². The number of aryl methyl sites for hydroxylation is 1. The lowest BCUT2D eigenvalue weighted by atomic mass is 10.2. The molecule has 0 bridgehead atoms. The van der Waals surface area contributed by atoms with Crippen LogP contribution in [0.15, 0.2) is 24.3 Å². The molecule has 1 atom stereocenters. The van der Waals surface area contributed by atoms with Gasteiger partial charge in [0.25, 0.3) is 0 Å². The fourth-order valence-corrected chi connectivity index (χ4v) is 2.78. The summed E-state index contributed by atoms with van der Waals surface area (Å²) in [7, 11) is 1.60. The van der Waals surface area contributed by atoms with E-state index < -0.39 is 6.10 Å². The topological polar surface area (TPSA) is 62.2 Å². The first kappa shape index (κ1) is 18.7. The predicted octanol–water partition coefficient (Wildman–Crippen LogP) is 0.915. The Morgan fingerprint density at radius 3 is 2.62 bits per heavy atom. The van der Waals surface area contributed by atoms with Gasteiger partial charge >= 0.3 is 0 Å². The zero-order valence-corrected chi connectivity index (χ0v) is 14.6. The molecule has 1 heterocycles. The maximum Gasteiger partial charge on any atom is 0.224 e. The molecule has 134 valence electrons. The molecule has 1 aromatic rings. The first-order chi connectivity index (χ1) is 11.6. The third-order valence-electron chi connectivity index (χ3n) is 4.24. The second-order valence-electron chi connectivity index (χ2n) is 6.15. The van der Waals surface area contributed by atoms with Gasteiger partial charge in [-0.15, -0.1) is 0 Å². The van der Waals surface area contributed by atoms with Crippen LogP contribution in [-0.2, 0) is 9.53 Å². The summed E-state index contributed by atoms with van der Waals surface area (Å²) in [6.45, 7) is 6.25. The lowest BCUT2D eigenvalue weighted by Crippen LogP contribution is -2.51. The van der Waals surface area contributed by atoms with E-state index in [0.717, 1.165) is 24.4 Å². The Bertz CT molecular complexity index is 515. The third-order valence-corrected chi connectivity index (χ3v) is 4.24. The number of ether oxygens (including phenoxy) is 2. The van der Waals surface area contributed by atoms with E-state index in [2.05, 4.69) is 4.90 Å². The molecule has 6 nitrogen and oxygen atoms in total. The van der Waals surface area contributed by atoms with Crippen LogP contribution in [0.25, 0.3) is 0 Å². The van der Waals surface area contributed by atoms with Gasteiger partial charge in [-0.3, -0.25) is 9.69 Å². The molecular formula is C18H28N2O4. The highest BCUT2D eigenvalue weighted by atomic mass is 16.5. The van der Waals surface area contributed by atoms with Gasteiger partial charge in [-0.2, -0.15) is 0 Å². The zero-order chi connectivity index (χ0) is 17.4. The molecule has 1 aliphatic heterocycles. The minimum absolute atomic E-state index is 0.139. The number of carbonyl (C=O) groups is 1. The summed E-state index contributed by atoms with van der Waals surface area (Å²) >= 11 is 0. The van der Waals surface area contributed by atoms with Gasteiger partial charge in [-0.25, -0.2) is 0 Å². The number of aliphatic hydroxyl groups excluding tert-OH is 1. The van der Waals surface area contributed by atoms with E-state index in [0.29, 0.717) is 32.7 Å². The summed E-state index contributed by atoms with van der Waals surface area (Å²) in [5, 5.41) is 10.2. The number of β-amino-alcohol motifs (C(OH)–C–C–N with tert-alkyl or cyclic N) is 1. The van der Waals surface area contributed by atoms with E-state index in [9.17, 15) is 9.90 Å². The van der Waals surface area contributed by atoms with Gasteiger partial charge < -0.3 is 19.5 Å². The van der Waals surface area contributed by atoms with E-state index in [4.69, 9.17) is 9.47 Å². The molecule has 0 radical (unpaired) electrons. The Hall–Kier alpha value is -1.63. The Morgan fingerprint density at radius 2 is 1.96 bits per heavy atom. The van der Waals surface area contributed by atoms with Crippen LogP contribution in [0, 0.1) is 6.92 Å². The van der Waals surface area contributed by atoms with Crippen LogP contribution in [0.3, 0.4) is 0 Å². The summed E-state index contributed by atoms with van der Waals surface area (Å²) < 4.78 is 10.6. The van der Waals surface area contributed by atoms with Gasteiger partial charge in [-0.05, 0) is 18.6 Å². The highest BCUT2D eigenvalue weighted by Gasteiger charge is 2.22. The van der Waals surface area contributed by atoms with Crippen molar-refractivity contribution in [3.05, 3.63) is 29.8 Å². The Balaban J connectivity index is 1.68. The molecule has 1 unspecified atom stereocenters. The molecule has 0 spiro atoms. The van der Waals surface area contributed by atoms with E-state index in [1.54, 1.807) is 7.11 Å². The molecule has 1 saturated heterocycles. The van der Waals surface area contributed by atoms with Crippen molar-refractivity contribution in [3.8, 4) is 5.75 Å². The summed E-state index contributed by atoms with van der Waals surface area (Å²) in [6, 6.07) is 7.79. The molecule has 24 heavy (non-hydrogen) atoms. The Kier molecular flexibility index (Phi) is 7.49. The number of carbonyl (C=O) groups excluding carboxylic acids is 1. The SMILES string of the molecule is COCCC(=O)N1CCN(CC(O)COc2ccccc2C)CC1. The molecular weight excluding hydrogens is 308 g/mol. The van der Waals surface area contributed by atoms with Crippen molar-refractivity contribution < 1.29 is 19.4 Å². The van der Waals surface area contributed by atoms with Gasteiger partial charge in [0.05, 0.1) is 13.0 Å². The highest BCUT2D eigenvalue weighted by molar-refractivity contribution is 5.76. The summed E-state index contributed by atoms with van der Waals surface area (Å²) in [5.41, 5.74) is 1.06. The number of aliphatic hydroxyl groups is 1. The van der Waals surface area contributed by atoms with Crippen LogP contribution in [0.2, 0.25) is 0 Å². The largest absolute Gasteiger partial charge is 0.491 e. The second kappa shape index (κ2) is 9.61. The maximum absolute atomic E-state index is 11.9. The first-order valence-corrected chi connectivity index (χ1v) is 8.45. The van der Waals surface area contributed by atoms with Gasteiger partial charge in [0, 0.05) is 39.8 Å². The maximum atomic E-state index is 11.9. The Morgan fingerprint density at radius 1 is 1.25 bits per heavy atom. The van der Waals surface area contributed by atoms with Crippen LogP contribution >= 0.6 is 0 Å². The molecule has 0 aromatic heterocycles. The molecule has 0 aliphatic carbocycles. The van der Waals surface area contributed by atoms with Crippen molar-refractivity contribution in [1.29, 1.82) is 0 Å². The summed E-state index contributed by atoms with van der Waals surface area (Å²) in [4.78, 5) is 16.0. The number of amides is 1. The average Bonchev–Trinajstić information content (AvgIpc) is 2.59. The Labute approximate surface area is 144 Å². The first-order valence-electron chi connectivity index (χ1n) is 8.45. The van der Waals surface area contributed by atoms with Crippen molar-refractivity contribution in [2.45, 2.75) is 19.4 Å². The normalized spacial score (nSPS) is 16.9. The fraction of sp³-hybridized carbons (Fsp3) is 0.611. The number of piperazine rings is 1. The highest BCUT2D eigenvalue weighted by Crippen LogP contribution is 2.16. The number of hydrogen-bond acceptors (Lipinski definition) is 5. The number of rotatable bonds is 8. The fourth-order valence-electron chi connectivity index (χ4n) is 2.78. The van der Waals surface area contributed by atoms with Gasteiger partial charge in [-0.1, -0.05) is 18.2 Å². The summed E-state index contributed by atoms with van der Waals surface area (Å²) in [6.07, 6.45) is -0.107. The van der Waals surface area contributed by atoms with E-state index >= 15 is 0 Å². The number of para-hydroxylation sites is 1. The minimum Gasteiger partial charge on any atom is -0.491 e. The van der Waals surface area contributed by atoms with Crippen LogP contribution in [0.4, 0.5) is 0 Å². The van der Waals surface area contributed by atoms with Crippen molar-refractivity contribution in [3.63, 3.8) is 0 Å². The standard InChI is InChI=1S/C18H28N2O4/c1-15-5-3-4-6-17(15)24-14-16(21)13-19-8-10-20(11-9-19)18(22)7-12-23-2/h3-6,16,21H,7-14H2,1-2H3. The van der Waals surface area contributed by atoms with Crippen molar-refractivity contribution in [2.24, 2.45) is 0 Å². The molecule has 1 fully saturated rings. The second-order valence-corrected chi connectivity index (χ2v) is 6.15. The predicted molar refractivity (Wildman–Crippen MR) is 92.2 cm³/mol. The van der Waals surface area contributed by atoms with Crippen LogP contribution in [-0.4, -0.2) is 80.0 Å². The number of benzene rings is 1. The lowest BCUT2D eigenvalue weighted by molar-refractivity contribution is -0.134. The quantitative estimate of drug-likeness (QED) is 0.765. The molecule has 2 rings (SSSR count). The van der Waals surface area contributed by atoms with E-state index in [1.165, 1.54) is 0 Å². The van der Waals surface area contributed by atoms with E-state index in [-0.39, 0.29) is 12.5 Å². The molecule has 1 aliphatic rings. The zero-order valence-electron chi connectivity index (χ0n) is 14.6.